The summed E-state index contributed by atoms with van der Waals surface area (Å²) < 4.78 is 0. The second-order valence-corrected chi connectivity index (χ2v) is 3.97. The van der Waals surface area contributed by atoms with Crippen LogP contribution in [0, 0.1) is 0 Å². The van der Waals surface area contributed by atoms with Crippen LogP contribution >= 0.6 is 0 Å². The molecule has 0 fully saturated rings. The molecular weight excluding hydrogens is 168 g/mol. The SMILES string of the molecule is C1=CCCCCC1.C1=CCCCCC=1. The highest BCUT2D eigenvalue weighted by Gasteiger charge is 1.88. The standard InChI is InChI=1S/C7H12.C7H10/c2*1-2-4-6-7-5-3-1/h1-2H,3-7H2;1,5H,2,4,6-7H2. The van der Waals surface area contributed by atoms with E-state index in [1.165, 1.54) is 57.8 Å². The summed E-state index contributed by atoms with van der Waals surface area (Å²) in [5, 5.41) is 0. The Labute approximate surface area is 88.4 Å². The van der Waals surface area contributed by atoms with Gasteiger partial charge in [-0.25, -0.2) is 0 Å². The molecule has 0 unspecified atom stereocenters. The van der Waals surface area contributed by atoms with Gasteiger partial charge in [-0.05, 0) is 63.5 Å². The van der Waals surface area contributed by atoms with Crippen LogP contribution in [0.15, 0.2) is 30.0 Å². The Morgan fingerprint density at radius 2 is 1.07 bits per heavy atom. The van der Waals surface area contributed by atoms with E-state index >= 15 is 0 Å². The third-order valence-electron chi connectivity index (χ3n) is 2.59. The van der Waals surface area contributed by atoms with Crippen LogP contribution in [0.1, 0.15) is 57.8 Å². The molecule has 0 bridgehead atoms. The highest BCUT2D eigenvalue weighted by Crippen LogP contribution is 2.08. The first-order chi connectivity index (χ1) is 7.00. The maximum atomic E-state index is 3.10. The first kappa shape index (κ1) is 11.3. The van der Waals surface area contributed by atoms with Crippen LogP contribution in [0.2, 0.25) is 0 Å². The number of hydrogen-bond acceptors (Lipinski definition) is 0. The van der Waals surface area contributed by atoms with Gasteiger partial charge in [0.2, 0.25) is 0 Å². The van der Waals surface area contributed by atoms with E-state index in [9.17, 15) is 0 Å². The van der Waals surface area contributed by atoms with Crippen molar-refractivity contribution in [2.75, 3.05) is 0 Å². The summed E-state index contributed by atoms with van der Waals surface area (Å²) in [5.41, 5.74) is 3.10. The number of allylic oxidation sites excluding steroid dienone is 3. The molecule has 2 aliphatic carbocycles. The fourth-order valence-corrected chi connectivity index (χ4v) is 1.68. The average Bonchev–Trinajstić information content (AvgIpc) is 2.68. The summed E-state index contributed by atoms with van der Waals surface area (Å²) in [6.07, 6.45) is 20.9. The quantitative estimate of drug-likeness (QED) is 0.381. The minimum absolute atomic E-state index is 1.23. The van der Waals surface area contributed by atoms with E-state index in [2.05, 4.69) is 30.0 Å². The van der Waals surface area contributed by atoms with Crippen LogP contribution in [0.4, 0.5) is 0 Å². The second-order valence-electron chi connectivity index (χ2n) is 3.97. The molecule has 14 heavy (non-hydrogen) atoms. The lowest BCUT2D eigenvalue weighted by Gasteiger charge is -1.86. The molecule has 0 spiro atoms. The lowest BCUT2D eigenvalue weighted by Crippen LogP contribution is -1.67. The first-order valence-electron chi connectivity index (χ1n) is 6.04. The fraction of sp³-hybridized carbons (Fsp3) is 0.643. The zero-order valence-corrected chi connectivity index (χ0v) is 9.17. The Morgan fingerprint density at radius 1 is 0.571 bits per heavy atom. The van der Waals surface area contributed by atoms with Crippen LogP contribution in [0.25, 0.3) is 0 Å². The molecule has 0 heteroatoms. The summed E-state index contributed by atoms with van der Waals surface area (Å²) in [5.74, 6) is 0. The molecule has 0 saturated carbocycles. The van der Waals surface area contributed by atoms with Gasteiger partial charge in [0, 0.05) is 0 Å². The van der Waals surface area contributed by atoms with Crippen molar-refractivity contribution in [3.63, 3.8) is 0 Å². The van der Waals surface area contributed by atoms with Gasteiger partial charge < -0.3 is 0 Å². The Bertz CT molecular complexity index is 186. The minimum atomic E-state index is 1.23. The molecule has 0 N–H and O–H groups in total. The van der Waals surface area contributed by atoms with Gasteiger partial charge in [-0.2, -0.15) is 0 Å². The molecule has 0 aromatic carbocycles. The van der Waals surface area contributed by atoms with Gasteiger partial charge in [0.1, 0.15) is 0 Å². The number of rotatable bonds is 0. The Hall–Kier alpha value is -0.740. The Balaban J connectivity index is 0.000000140. The van der Waals surface area contributed by atoms with Crippen molar-refractivity contribution in [2.45, 2.75) is 57.8 Å². The van der Waals surface area contributed by atoms with Crippen molar-refractivity contribution >= 4 is 0 Å². The Morgan fingerprint density at radius 3 is 1.64 bits per heavy atom. The van der Waals surface area contributed by atoms with Crippen molar-refractivity contribution in [1.82, 2.24) is 0 Å². The minimum Gasteiger partial charge on any atom is -0.130 e. The van der Waals surface area contributed by atoms with Gasteiger partial charge in [0.05, 0.1) is 0 Å². The molecule has 0 saturated heterocycles. The van der Waals surface area contributed by atoms with Crippen LogP contribution in [0.5, 0.6) is 0 Å². The largest absolute Gasteiger partial charge is 0.130 e. The summed E-state index contributed by atoms with van der Waals surface area (Å²) in [7, 11) is 0. The van der Waals surface area contributed by atoms with E-state index in [4.69, 9.17) is 0 Å². The molecule has 0 heterocycles. The van der Waals surface area contributed by atoms with E-state index in [-0.39, 0.29) is 0 Å². The van der Waals surface area contributed by atoms with Gasteiger partial charge in [0.25, 0.3) is 0 Å². The van der Waals surface area contributed by atoms with Gasteiger partial charge in [-0.3, -0.25) is 0 Å². The van der Waals surface area contributed by atoms with Gasteiger partial charge >= 0.3 is 0 Å². The smallest absolute Gasteiger partial charge is 0.0274 e. The maximum Gasteiger partial charge on any atom is -0.0274 e. The van der Waals surface area contributed by atoms with E-state index < -0.39 is 0 Å². The predicted octanol–water partition coefficient (Wildman–Crippen LogP) is 4.78. The summed E-state index contributed by atoms with van der Waals surface area (Å²) in [6, 6.07) is 0. The molecule has 0 nitrogen and oxygen atoms in total. The van der Waals surface area contributed by atoms with E-state index in [1.54, 1.807) is 0 Å². The normalized spacial score (nSPS) is 20.6. The zero-order valence-electron chi connectivity index (χ0n) is 9.17. The highest BCUT2D eigenvalue weighted by atomic mass is 13.9. The molecule has 0 atom stereocenters. The predicted molar refractivity (Wildman–Crippen MR) is 63.3 cm³/mol. The van der Waals surface area contributed by atoms with Gasteiger partial charge in [0.15, 0.2) is 0 Å². The van der Waals surface area contributed by atoms with E-state index in [0.717, 1.165) is 0 Å². The molecular formula is C14H22. The van der Waals surface area contributed by atoms with Crippen LogP contribution in [-0.4, -0.2) is 0 Å². The Kier molecular flexibility index (Phi) is 7.16. The molecule has 0 aromatic heterocycles. The molecule has 0 amide bonds. The van der Waals surface area contributed by atoms with Crippen molar-refractivity contribution < 1.29 is 0 Å². The lowest BCUT2D eigenvalue weighted by atomic mass is 10.2. The highest BCUT2D eigenvalue weighted by molar-refractivity contribution is 4.87. The summed E-state index contributed by atoms with van der Waals surface area (Å²) >= 11 is 0. The molecule has 2 aliphatic rings. The zero-order chi connectivity index (χ0) is 9.90. The maximum absolute atomic E-state index is 3.10. The van der Waals surface area contributed by atoms with Crippen LogP contribution in [-0.2, 0) is 0 Å². The van der Waals surface area contributed by atoms with Gasteiger partial charge in [-0.15, -0.1) is 5.73 Å². The van der Waals surface area contributed by atoms with Gasteiger partial charge in [-0.1, -0.05) is 18.6 Å². The topological polar surface area (TPSA) is 0 Å². The second kappa shape index (κ2) is 8.84. The monoisotopic (exact) mass is 190 g/mol. The van der Waals surface area contributed by atoms with Crippen molar-refractivity contribution in [3.8, 4) is 0 Å². The van der Waals surface area contributed by atoms with E-state index in [1.807, 2.05) is 0 Å². The molecule has 78 valence electrons. The van der Waals surface area contributed by atoms with Crippen LogP contribution < -0.4 is 0 Å². The average molecular weight is 190 g/mol. The van der Waals surface area contributed by atoms with Crippen molar-refractivity contribution in [3.05, 3.63) is 30.0 Å². The lowest BCUT2D eigenvalue weighted by molar-refractivity contribution is 0.718. The molecule has 0 aliphatic heterocycles. The van der Waals surface area contributed by atoms with Crippen LogP contribution in [0.3, 0.4) is 0 Å². The number of hydrogen-bond donors (Lipinski definition) is 0. The third kappa shape index (κ3) is 6.74. The van der Waals surface area contributed by atoms with E-state index in [0.29, 0.717) is 0 Å². The summed E-state index contributed by atoms with van der Waals surface area (Å²) in [6.45, 7) is 0. The first-order valence-corrected chi connectivity index (χ1v) is 6.04. The third-order valence-corrected chi connectivity index (χ3v) is 2.59. The molecule has 0 aromatic rings. The van der Waals surface area contributed by atoms with Crippen molar-refractivity contribution in [1.29, 1.82) is 0 Å². The summed E-state index contributed by atoms with van der Waals surface area (Å²) in [4.78, 5) is 0. The molecule has 0 radical (unpaired) electrons. The molecule has 2 rings (SSSR count). The van der Waals surface area contributed by atoms with Crippen molar-refractivity contribution in [2.24, 2.45) is 0 Å². The fourth-order valence-electron chi connectivity index (χ4n) is 1.68.